The second-order valence-electron chi connectivity index (χ2n) is 24.6. The Bertz CT molecular complexity index is 2220. The normalized spacial score (nSPS) is 28.2. The first-order valence-corrected chi connectivity index (χ1v) is 35.4. The molecule has 0 spiro atoms. The van der Waals surface area contributed by atoms with Gasteiger partial charge >= 0.3 is 0 Å². The Labute approximate surface area is 562 Å². The molecule has 3 rings (SSSR count). The van der Waals surface area contributed by atoms with Crippen LogP contribution in [-0.4, -0.2) is 193 Å². The topological polar surface area (TPSA) is 307 Å². The number of allylic oxidation sites excluding steroid dienone is 21. The molecule has 1 amide bonds. The number of hydrogen-bond donors (Lipinski definition) is 12. The highest BCUT2D eigenvalue weighted by Crippen LogP contribution is 2.33. The largest absolute Gasteiger partial charge is 0.394 e. The Balaban J connectivity index is 1.45. The van der Waals surface area contributed by atoms with Gasteiger partial charge in [0.05, 0.1) is 38.6 Å². The SMILES string of the molecule is CC/C=C\C/C=C\C/C=C\C/C=C\C/C=C\C/C=C\C/C=C\C/C=C\C/C=C\CCCCCC(=O)NC(COC1OC(CO)C(OC2OC(CO)C(OC3OC(CO)C(O)C(O)C3O)C(O)C2O)C(O)C1O)C(O)/C=C/CC/C=C/CCCCCCCCCCCCCC. The van der Waals surface area contributed by atoms with Gasteiger partial charge in [-0.25, -0.2) is 0 Å². The van der Waals surface area contributed by atoms with E-state index in [0.717, 1.165) is 96.3 Å². The minimum Gasteiger partial charge on any atom is -0.394 e. The van der Waals surface area contributed by atoms with Crippen molar-refractivity contribution in [3.63, 3.8) is 0 Å². The quantitative estimate of drug-likeness (QED) is 0.0199. The van der Waals surface area contributed by atoms with Crippen LogP contribution < -0.4 is 5.32 Å². The summed E-state index contributed by atoms with van der Waals surface area (Å²) in [6.45, 7) is 1.55. The van der Waals surface area contributed by atoms with Crippen molar-refractivity contribution >= 4 is 5.91 Å². The Hall–Kier alpha value is -4.07. The third kappa shape index (κ3) is 36.0. The number of carbonyl (C=O) groups is 1. The fourth-order valence-electron chi connectivity index (χ4n) is 11.0. The molecule has 0 aromatic rings. The van der Waals surface area contributed by atoms with Gasteiger partial charge in [0.25, 0.3) is 0 Å². The molecule has 19 nitrogen and oxygen atoms in total. The third-order valence-corrected chi connectivity index (χ3v) is 16.7. The van der Waals surface area contributed by atoms with Gasteiger partial charge in [-0.1, -0.05) is 225 Å². The number of rotatable bonds is 52. The van der Waals surface area contributed by atoms with Gasteiger partial charge in [0.1, 0.15) is 73.2 Å². The highest BCUT2D eigenvalue weighted by molar-refractivity contribution is 5.76. The van der Waals surface area contributed by atoms with Gasteiger partial charge in [0, 0.05) is 6.42 Å². The molecule has 12 N–H and O–H groups in total. The molecular weight excluding hydrogens is 1200 g/mol. The highest BCUT2D eigenvalue weighted by Gasteiger charge is 2.53. The van der Waals surface area contributed by atoms with E-state index in [1.54, 1.807) is 6.08 Å². The zero-order valence-electron chi connectivity index (χ0n) is 56.6. The molecule has 0 aliphatic carbocycles. The summed E-state index contributed by atoms with van der Waals surface area (Å²) in [5, 5.41) is 120. The maximum absolute atomic E-state index is 13.4. The number of hydrogen-bond acceptors (Lipinski definition) is 18. The van der Waals surface area contributed by atoms with Crippen molar-refractivity contribution in [3.8, 4) is 0 Å². The number of ether oxygens (including phenoxy) is 6. The zero-order valence-corrected chi connectivity index (χ0v) is 56.6. The van der Waals surface area contributed by atoms with Crippen molar-refractivity contribution in [2.24, 2.45) is 0 Å². The van der Waals surface area contributed by atoms with E-state index in [1.807, 2.05) is 6.08 Å². The van der Waals surface area contributed by atoms with Crippen LogP contribution in [0, 0.1) is 0 Å². The molecule has 536 valence electrons. The van der Waals surface area contributed by atoms with Gasteiger partial charge in [-0.05, 0) is 103 Å². The highest BCUT2D eigenvalue weighted by atomic mass is 16.8. The van der Waals surface area contributed by atoms with Crippen molar-refractivity contribution in [2.45, 2.75) is 304 Å². The predicted molar refractivity (Wildman–Crippen MR) is 369 cm³/mol. The molecule has 3 heterocycles. The summed E-state index contributed by atoms with van der Waals surface area (Å²) in [5.74, 6) is -0.323. The average molecular weight is 1330 g/mol. The Morgan fingerprint density at radius 1 is 0.394 bits per heavy atom. The Morgan fingerprint density at radius 2 is 0.745 bits per heavy atom. The van der Waals surface area contributed by atoms with Crippen molar-refractivity contribution in [1.29, 1.82) is 0 Å². The lowest BCUT2D eigenvalue weighted by molar-refractivity contribution is -0.379. The molecule has 3 aliphatic heterocycles. The average Bonchev–Trinajstić information content (AvgIpc) is 0.787. The van der Waals surface area contributed by atoms with E-state index in [-0.39, 0.29) is 12.3 Å². The van der Waals surface area contributed by atoms with Crippen molar-refractivity contribution in [1.82, 2.24) is 5.32 Å². The van der Waals surface area contributed by atoms with Crippen molar-refractivity contribution < 1.29 is 89.4 Å². The van der Waals surface area contributed by atoms with Crippen LogP contribution in [-0.2, 0) is 33.2 Å². The van der Waals surface area contributed by atoms with Gasteiger partial charge in [0.15, 0.2) is 18.9 Å². The van der Waals surface area contributed by atoms with Crippen LogP contribution in [0.15, 0.2) is 134 Å². The van der Waals surface area contributed by atoms with Crippen LogP contribution in [0.25, 0.3) is 0 Å². The number of nitrogens with one attached hydrogen (secondary N) is 1. The summed E-state index contributed by atoms with van der Waals surface area (Å²) in [7, 11) is 0. The molecule has 19 heteroatoms. The van der Waals surface area contributed by atoms with Gasteiger partial charge in [-0.3, -0.25) is 4.79 Å². The van der Waals surface area contributed by atoms with Crippen LogP contribution in [0.4, 0.5) is 0 Å². The lowest BCUT2D eigenvalue weighted by Crippen LogP contribution is -2.66. The van der Waals surface area contributed by atoms with Crippen LogP contribution in [0.5, 0.6) is 0 Å². The van der Waals surface area contributed by atoms with Gasteiger partial charge < -0.3 is 89.9 Å². The summed E-state index contributed by atoms with van der Waals surface area (Å²) in [5.41, 5.74) is 0. The maximum atomic E-state index is 13.4. The van der Waals surface area contributed by atoms with E-state index >= 15 is 0 Å². The molecular formula is C75H123NO18. The van der Waals surface area contributed by atoms with Crippen LogP contribution in [0.1, 0.15) is 200 Å². The number of aliphatic hydroxyl groups excluding tert-OH is 11. The van der Waals surface area contributed by atoms with Gasteiger partial charge in [0.2, 0.25) is 5.91 Å². The lowest BCUT2D eigenvalue weighted by atomic mass is 9.96. The standard InChI is InChI=1S/C75H123NO18/c1-3-5-7-9-11-13-15-17-19-21-23-24-25-26-27-28-29-30-31-32-33-34-35-37-39-41-43-45-47-49-51-53-63(81)76-58(59(80)52-50-48-46-44-42-40-38-36-22-20-18-16-14-12-10-8-6-4-2)57-89-73-69(87)66(84)71(61(55-78)91-73)94-75-70(88)67(85)72(62(56-79)92-75)93-74-68(86)65(83)64(82)60(54-77)90-74/h5,7,11,13,17,19,23-24,26-27,29-30,32-33,35,37,41-44,50,52,58-62,64-75,77-80,82-88H,3-4,6,8-10,12,14-16,18,20-22,25,28,31,34,36,38-40,45-49,51,53-57H2,1-2H3,(H,76,81)/b7-5-,13-11-,19-17-,24-23-,27-26-,30-29-,33-32-,37-35-,43-41-,44-42+,52-50+. The fraction of sp³-hybridized carbons (Fsp3) is 0.693. The van der Waals surface area contributed by atoms with Crippen LogP contribution in [0.3, 0.4) is 0 Å². The van der Waals surface area contributed by atoms with Crippen LogP contribution in [0.2, 0.25) is 0 Å². The second-order valence-corrected chi connectivity index (χ2v) is 24.6. The van der Waals surface area contributed by atoms with E-state index in [4.69, 9.17) is 28.4 Å². The van der Waals surface area contributed by atoms with Crippen LogP contribution >= 0.6 is 0 Å². The summed E-state index contributed by atoms with van der Waals surface area (Å²) in [6.07, 6.45) is 49.9. The Morgan fingerprint density at radius 3 is 1.19 bits per heavy atom. The summed E-state index contributed by atoms with van der Waals surface area (Å²) in [4.78, 5) is 13.4. The molecule has 0 saturated carbocycles. The van der Waals surface area contributed by atoms with Crippen molar-refractivity contribution in [3.05, 3.63) is 134 Å². The molecule has 17 unspecified atom stereocenters. The summed E-state index contributed by atoms with van der Waals surface area (Å²) >= 11 is 0. The van der Waals surface area contributed by atoms with E-state index in [9.17, 15) is 61.0 Å². The molecule has 0 bridgehead atoms. The first kappa shape index (κ1) is 84.2. The van der Waals surface area contributed by atoms with E-state index in [0.29, 0.717) is 12.8 Å². The molecule has 0 aromatic carbocycles. The number of unbranched alkanes of at least 4 members (excludes halogenated alkanes) is 16. The van der Waals surface area contributed by atoms with Crippen molar-refractivity contribution in [2.75, 3.05) is 26.4 Å². The maximum Gasteiger partial charge on any atom is 0.220 e. The molecule has 17 atom stereocenters. The van der Waals surface area contributed by atoms with E-state index in [1.165, 1.54) is 70.6 Å². The minimum absolute atomic E-state index is 0.186. The fourth-order valence-corrected chi connectivity index (χ4v) is 11.0. The van der Waals surface area contributed by atoms with Gasteiger partial charge in [-0.15, -0.1) is 0 Å². The molecule has 0 aromatic heterocycles. The summed E-state index contributed by atoms with van der Waals surface area (Å²) in [6, 6.07) is -1.02. The monoisotopic (exact) mass is 1330 g/mol. The first-order chi connectivity index (χ1) is 45.8. The Kier molecular flexibility index (Phi) is 49.1. The molecule has 3 fully saturated rings. The number of aliphatic hydroxyl groups is 11. The molecule has 3 aliphatic rings. The minimum atomic E-state index is -1.99. The summed E-state index contributed by atoms with van der Waals surface area (Å²) < 4.78 is 34.3. The van der Waals surface area contributed by atoms with Gasteiger partial charge in [-0.2, -0.15) is 0 Å². The number of carbonyl (C=O) groups excluding carboxylic acids is 1. The smallest absolute Gasteiger partial charge is 0.220 e. The second kappa shape index (κ2) is 54.9. The van der Waals surface area contributed by atoms with E-state index in [2.05, 4.69) is 141 Å². The third-order valence-electron chi connectivity index (χ3n) is 16.7. The predicted octanol–water partition coefficient (Wildman–Crippen LogP) is 9.77. The molecule has 3 saturated heterocycles. The lowest BCUT2D eigenvalue weighted by Gasteiger charge is -2.48. The first-order valence-electron chi connectivity index (χ1n) is 35.4. The molecule has 94 heavy (non-hydrogen) atoms. The number of amides is 1. The molecule has 0 radical (unpaired) electrons. The zero-order chi connectivity index (χ0) is 68.2. The van der Waals surface area contributed by atoms with E-state index < -0.39 is 131 Å².